The second kappa shape index (κ2) is 12.1. The number of halogens is 3. The normalized spacial score (nSPS) is 18.0. The fraction of sp³-hybridized carbons (Fsp3) is 0.379. The van der Waals surface area contributed by atoms with Gasteiger partial charge in [-0.25, -0.2) is 14.4 Å². The predicted octanol–water partition coefficient (Wildman–Crippen LogP) is 3.31. The number of carbonyl (C=O) groups is 3. The third kappa shape index (κ3) is 5.50. The van der Waals surface area contributed by atoms with E-state index in [0.717, 1.165) is 38.1 Å². The Morgan fingerprint density at radius 3 is 2.30 bits per heavy atom. The molecule has 1 aliphatic heterocycles. The van der Waals surface area contributed by atoms with Gasteiger partial charge in [0.25, 0.3) is 5.60 Å². The highest BCUT2D eigenvalue weighted by Gasteiger charge is 2.65. The van der Waals surface area contributed by atoms with Gasteiger partial charge in [0.1, 0.15) is 16.7 Å². The van der Waals surface area contributed by atoms with Crippen LogP contribution < -0.4 is 5.43 Å². The lowest BCUT2D eigenvalue weighted by Crippen LogP contribution is -2.56. The monoisotopic (exact) mass is 640 g/mol. The van der Waals surface area contributed by atoms with Gasteiger partial charge in [-0.2, -0.15) is 13.2 Å². The van der Waals surface area contributed by atoms with Crippen LogP contribution in [0, 0.1) is 6.92 Å². The van der Waals surface area contributed by atoms with Crippen LogP contribution in [0.15, 0.2) is 56.8 Å². The number of thioether (sulfide) groups is 1. The summed E-state index contributed by atoms with van der Waals surface area (Å²) in [7, 11) is 2.39. The van der Waals surface area contributed by atoms with Crippen molar-refractivity contribution in [3.63, 3.8) is 0 Å². The minimum Gasteiger partial charge on any atom is -0.507 e. The molecule has 0 aliphatic carbocycles. The molecule has 236 valence electrons. The molecule has 0 radical (unpaired) electrons. The molecule has 1 aromatic heterocycles. The maximum absolute atomic E-state index is 14.4. The molecular formula is C29H27F3O11S. The van der Waals surface area contributed by atoms with Crippen molar-refractivity contribution in [2.45, 2.75) is 53.6 Å². The zero-order valence-corrected chi connectivity index (χ0v) is 24.5. The van der Waals surface area contributed by atoms with Crippen LogP contribution >= 0.6 is 11.8 Å². The van der Waals surface area contributed by atoms with Gasteiger partial charge in [0.2, 0.25) is 11.5 Å². The lowest BCUT2D eigenvalue weighted by molar-refractivity contribution is -0.279. The number of ether oxygens (including phenoxy) is 4. The van der Waals surface area contributed by atoms with Crippen molar-refractivity contribution >= 4 is 40.6 Å². The van der Waals surface area contributed by atoms with E-state index in [0.29, 0.717) is 12.7 Å². The average Bonchev–Trinajstić information content (AvgIpc) is 3.41. The van der Waals surface area contributed by atoms with Crippen molar-refractivity contribution < 1.29 is 61.1 Å². The largest absolute Gasteiger partial charge is 0.507 e. The van der Waals surface area contributed by atoms with Gasteiger partial charge < -0.3 is 33.6 Å². The number of esters is 3. The Morgan fingerprint density at radius 2 is 1.73 bits per heavy atom. The molecule has 3 aromatic rings. The van der Waals surface area contributed by atoms with E-state index >= 15 is 0 Å². The highest BCUT2D eigenvalue weighted by molar-refractivity contribution is 8.00. The Hall–Kier alpha value is -4.08. The first-order chi connectivity index (χ1) is 20.6. The summed E-state index contributed by atoms with van der Waals surface area (Å²) in [6.45, 7) is 1.65. The second-order valence-electron chi connectivity index (χ2n) is 9.95. The SMILES string of the molecule is COC(=O)[C@@H](C[C@](O)(C(=O)OC)C1Cc2c(oc3cc(C)cc(O)c3c2=O)S1)OC(=O)[C@@](OC)(c1ccccc1)C(F)(F)F. The van der Waals surface area contributed by atoms with Gasteiger partial charge in [-0.05, 0) is 31.0 Å². The van der Waals surface area contributed by atoms with E-state index in [1.54, 1.807) is 6.92 Å². The van der Waals surface area contributed by atoms with Crippen molar-refractivity contribution in [2.24, 2.45) is 0 Å². The molecule has 0 amide bonds. The minimum atomic E-state index is -5.39. The summed E-state index contributed by atoms with van der Waals surface area (Å²) in [5.41, 5.74) is -7.15. The van der Waals surface area contributed by atoms with Crippen molar-refractivity contribution in [1.82, 2.24) is 0 Å². The van der Waals surface area contributed by atoms with E-state index in [4.69, 9.17) is 18.6 Å². The van der Waals surface area contributed by atoms with Gasteiger partial charge in [0, 0.05) is 19.1 Å². The fourth-order valence-electron chi connectivity index (χ4n) is 5.05. The molecule has 1 unspecified atom stereocenters. The molecule has 0 spiro atoms. The first kappa shape index (κ1) is 32.8. The zero-order chi connectivity index (χ0) is 32.6. The third-order valence-electron chi connectivity index (χ3n) is 7.27. The molecule has 0 fully saturated rings. The number of hydrogen-bond acceptors (Lipinski definition) is 12. The summed E-state index contributed by atoms with van der Waals surface area (Å²) in [5, 5.41) is 20.6. The number of aliphatic hydroxyl groups is 1. The van der Waals surface area contributed by atoms with Gasteiger partial charge >= 0.3 is 24.1 Å². The van der Waals surface area contributed by atoms with Gasteiger partial charge in [0.15, 0.2) is 10.7 Å². The van der Waals surface area contributed by atoms with Crippen molar-refractivity contribution in [3.8, 4) is 5.75 Å². The molecule has 2 heterocycles. The third-order valence-corrected chi connectivity index (χ3v) is 8.65. The number of aromatic hydroxyl groups is 1. The van der Waals surface area contributed by atoms with Gasteiger partial charge in [-0.3, -0.25) is 4.79 Å². The van der Waals surface area contributed by atoms with E-state index in [1.165, 1.54) is 30.3 Å². The smallest absolute Gasteiger partial charge is 0.432 e. The lowest BCUT2D eigenvalue weighted by atomic mass is 9.88. The highest BCUT2D eigenvalue weighted by Crippen LogP contribution is 2.46. The summed E-state index contributed by atoms with van der Waals surface area (Å²) in [5.74, 6) is -5.17. The van der Waals surface area contributed by atoms with E-state index in [1.807, 2.05) is 0 Å². The molecule has 11 nitrogen and oxygen atoms in total. The van der Waals surface area contributed by atoms with Crippen LogP contribution in [-0.4, -0.2) is 72.6 Å². The van der Waals surface area contributed by atoms with Gasteiger partial charge in [0.05, 0.1) is 25.0 Å². The highest BCUT2D eigenvalue weighted by atomic mass is 32.2. The number of alkyl halides is 3. The minimum absolute atomic E-state index is 0.00834. The standard InChI is InChI=1S/C29H27F3O11S/c1-14-10-17(33)21-18(11-14)42-24-16(22(21)34)12-20(44-24)27(38,25(36)40-3)13-19(23(35)39-2)43-26(37)28(41-4,29(30,31)32)15-8-6-5-7-9-15/h5-11,19-20,33,38H,12-13H2,1-4H3/t19-,20?,27-,28+/m1/s1. The molecule has 0 saturated heterocycles. The van der Waals surface area contributed by atoms with Crippen LogP contribution in [0.4, 0.5) is 13.2 Å². The van der Waals surface area contributed by atoms with Crippen molar-refractivity contribution in [1.29, 1.82) is 0 Å². The summed E-state index contributed by atoms with van der Waals surface area (Å²) in [4.78, 5) is 52.3. The number of hydrogen-bond donors (Lipinski definition) is 2. The zero-order valence-electron chi connectivity index (χ0n) is 23.7. The first-order valence-corrected chi connectivity index (χ1v) is 13.8. The van der Waals surface area contributed by atoms with Crippen molar-refractivity contribution in [3.05, 3.63) is 69.4 Å². The number of benzene rings is 2. The number of aryl methyl sites for hydroxylation is 1. The van der Waals surface area contributed by atoms with Crippen LogP contribution in [0.3, 0.4) is 0 Å². The number of phenols is 1. The molecular weight excluding hydrogens is 613 g/mol. The molecule has 4 rings (SSSR count). The van der Waals surface area contributed by atoms with Crippen LogP contribution in [-0.2, 0) is 45.4 Å². The maximum atomic E-state index is 14.4. The molecule has 15 heteroatoms. The molecule has 4 atom stereocenters. The first-order valence-electron chi connectivity index (χ1n) is 12.9. The van der Waals surface area contributed by atoms with E-state index in [2.05, 4.69) is 4.74 Å². The molecule has 0 bridgehead atoms. The number of carbonyl (C=O) groups excluding carboxylic acids is 3. The Morgan fingerprint density at radius 1 is 1.07 bits per heavy atom. The summed E-state index contributed by atoms with van der Waals surface area (Å²) in [6.07, 6.45) is -9.15. The number of fused-ring (bicyclic) bond motifs is 2. The number of rotatable bonds is 9. The van der Waals surface area contributed by atoms with Gasteiger partial charge in [-0.15, -0.1) is 0 Å². The van der Waals surface area contributed by atoms with Crippen LogP contribution in [0.1, 0.15) is 23.1 Å². The summed E-state index contributed by atoms with van der Waals surface area (Å²) in [6, 6.07) is 8.64. The van der Waals surface area contributed by atoms with E-state index in [-0.39, 0.29) is 33.8 Å². The average molecular weight is 641 g/mol. The Kier molecular flexibility index (Phi) is 9.05. The van der Waals surface area contributed by atoms with Crippen molar-refractivity contribution in [2.75, 3.05) is 21.3 Å². The quantitative estimate of drug-likeness (QED) is 0.260. The van der Waals surface area contributed by atoms with Crippen LogP contribution in [0.25, 0.3) is 11.0 Å². The maximum Gasteiger partial charge on any atom is 0.432 e. The summed E-state index contributed by atoms with van der Waals surface area (Å²) < 4.78 is 68.2. The van der Waals surface area contributed by atoms with Crippen LogP contribution in [0.5, 0.6) is 5.75 Å². The molecule has 0 saturated carbocycles. The fourth-order valence-corrected chi connectivity index (χ4v) is 6.40. The number of phenolic OH excluding ortho intramolecular Hbond substituents is 1. The van der Waals surface area contributed by atoms with Gasteiger partial charge in [-0.1, -0.05) is 42.1 Å². The Bertz CT molecular complexity index is 1660. The Balaban J connectivity index is 1.74. The molecule has 2 N–H and O–H groups in total. The van der Waals surface area contributed by atoms with E-state index in [9.17, 15) is 42.6 Å². The molecule has 44 heavy (non-hydrogen) atoms. The van der Waals surface area contributed by atoms with Crippen LogP contribution in [0.2, 0.25) is 0 Å². The lowest BCUT2D eigenvalue weighted by Gasteiger charge is -2.35. The van der Waals surface area contributed by atoms with E-state index < -0.39 is 64.1 Å². The molecule has 2 aromatic carbocycles. The molecule has 1 aliphatic rings. The summed E-state index contributed by atoms with van der Waals surface area (Å²) >= 11 is 0.722. The number of methoxy groups -OCH3 is 3. The second-order valence-corrected chi connectivity index (χ2v) is 11.1. The predicted molar refractivity (Wildman–Crippen MR) is 147 cm³/mol. The topological polar surface area (TPSA) is 159 Å². The Labute approximate surface area is 251 Å².